The number of nitrogens with zero attached hydrogens (tertiary/aromatic N) is 1. The van der Waals surface area contributed by atoms with E-state index in [0.29, 0.717) is 20.6 Å². The molecule has 2 N–H and O–H groups in total. The fraction of sp³-hybridized carbons (Fsp3) is 0.429. The zero-order valence-electron chi connectivity index (χ0n) is 10.9. The molecule has 1 amide bonds. The Hall–Kier alpha value is -0.840. The number of hydrogen-bond donors (Lipinski definition) is 1. The Balaban J connectivity index is 2.32. The molecule has 0 bridgehead atoms. The van der Waals surface area contributed by atoms with E-state index < -0.39 is 0 Å². The number of amides is 1. The van der Waals surface area contributed by atoms with Gasteiger partial charge in [-0.15, -0.1) is 0 Å². The molecular weight excluding hydrogens is 315 g/mol. The van der Waals surface area contributed by atoms with Crippen LogP contribution in [0.2, 0.25) is 10.0 Å². The molecule has 0 spiro atoms. The monoisotopic (exact) mass is 330 g/mol. The number of carbonyl (C=O) groups excluding carboxylic acids is 1. The molecule has 1 fully saturated rings. The first-order valence-corrected chi connectivity index (χ1v) is 7.70. The second kappa shape index (κ2) is 6.74. The highest BCUT2D eigenvalue weighted by atomic mass is 35.5. The van der Waals surface area contributed by atoms with Crippen LogP contribution in [-0.2, 0) is 0 Å². The minimum absolute atomic E-state index is 0.163. The highest BCUT2D eigenvalue weighted by Gasteiger charge is 2.29. The van der Waals surface area contributed by atoms with Crippen LogP contribution in [0, 0.1) is 0 Å². The summed E-state index contributed by atoms with van der Waals surface area (Å²) >= 11 is 17.2. The number of rotatable bonds is 4. The molecular formula is C14H16Cl2N2OS. The summed E-state index contributed by atoms with van der Waals surface area (Å²) in [7, 11) is 0. The van der Waals surface area contributed by atoms with Gasteiger partial charge < -0.3 is 10.6 Å². The molecule has 0 heterocycles. The van der Waals surface area contributed by atoms with E-state index in [4.69, 9.17) is 41.2 Å². The lowest BCUT2D eigenvalue weighted by molar-refractivity contribution is 0.0715. The molecule has 1 aromatic rings. The van der Waals surface area contributed by atoms with Gasteiger partial charge in [0.15, 0.2) is 0 Å². The molecule has 0 radical (unpaired) electrons. The Kier molecular flexibility index (Phi) is 5.24. The number of thiocarbonyl (C=S) groups is 1. The third-order valence-corrected chi connectivity index (χ3v) is 4.29. The zero-order chi connectivity index (χ0) is 14.7. The second-order valence-corrected chi connectivity index (χ2v) is 6.27. The van der Waals surface area contributed by atoms with E-state index in [-0.39, 0.29) is 18.5 Å². The van der Waals surface area contributed by atoms with Gasteiger partial charge in [-0.1, -0.05) is 54.3 Å². The summed E-state index contributed by atoms with van der Waals surface area (Å²) in [5, 5.41) is 0.710. The molecule has 2 rings (SSSR count). The summed E-state index contributed by atoms with van der Waals surface area (Å²) in [5.41, 5.74) is 5.96. The van der Waals surface area contributed by atoms with Crippen LogP contribution < -0.4 is 5.73 Å². The lowest BCUT2D eigenvalue weighted by Gasteiger charge is -2.29. The Bertz CT molecular complexity index is 510. The van der Waals surface area contributed by atoms with E-state index in [1.807, 2.05) is 0 Å². The van der Waals surface area contributed by atoms with Crippen molar-refractivity contribution < 1.29 is 4.79 Å². The van der Waals surface area contributed by atoms with E-state index in [2.05, 4.69) is 0 Å². The molecule has 0 unspecified atom stereocenters. The largest absolute Gasteiger partial charge is 0.392 e. The van der Waals surface area contributed by atoms with Crippen molar-refractivity contribution in [2.75, 3.05) is 6.54 Å². The molecule has 0 aliphatic heterocycles. The van der Waals surface area contributed by atoms with Gasteiger partial charge in [-0.25, -0.2) is 0 Å². The van der Waals surface area contributed by atoms with Gasteiger partial charge in [-0.2, -0.15) is 0 Å². The first-order chi connectivity index (χ1) is 9.50. The van der Waals surface area contributed by atoms with E-state index in [1.165, 1.54) is 0 Å². The Labute approximate surface area is 134 Å². The van der Waals surface area contributed by atoms with Crippen molar-refractivity contribution in [3.63, 3.8) is 0 Å². The normalized spacial score (nSPS) is 15.3. The van der Waals surface area contributed by atoms with Crippen molar-refractivity contribution in [1.82, 2.24) is 4.90 Å². The highest BCUT2D eigenvalue weighted by Crippen LogP contribution is 2.30. The molecule has 3 nitrogen and oxygen atoms in total. The number of benzene rings is 1. The number of halogens is 2. The quantitative estimate of drug-likeness (QED) is 0.857. The number of hydrogen-bond acceptors (Lipinski definition) is 2. The summed E-state index contributed by atoms with van der Waals surface area (Å²) in [6, 6.07) is 5.20. The third kappa shape index (κ3) is 3.43. The standard InChI is InChI=1S/C14H16Cl2N2OS/c15-10-6-3-7-11(16)13(10)14(19)18(8-12(17)20)9-4-1-2-5-9/h3,6-7,9H,1-2,4-5,8H2,(H2,17,20). The maximum atomic E-state index is 12.8. The lowest BCUT2D eigenvalue weighted by atomic mass is 10.1. The van der Waals surface area contributed by atoms with Crippen LogP contribution >= 0.6 is 35.4 Å². The number of carbonyl (C=O) groups is 1. The van der Waals surface area contributed by atoms with E-state index in [0.717, 1.165) is 25.7 Å². The van der Waals surface area contributed by atoms with Crippen molar-refractivity contribution in [2.45, 2.75) is 31.7 Å². The summed E-state index contributed by atoms with van der Waals surface area (Å²) in [5.74, 6) is -0.194. The van der Waals surface area contributed by atoms with Crippen LogP contribution in [0.5, 0.6) is 0 Å². The van der Waals surface area contributed by atoms with Crippen LogP contribution in [0.1, 0.15) is 36.0 Å². The van der Waals surface area contributed by atoms with E-state index in [9.17, 15) is 4.79 Å². The SMILES string of the molecule is NC(=S)CN(C(=O)c1c(Cl)cccc1Cl)C1CCCC1. The van der Waals surface area contributed by atoms with Crippen molar-refractivity contribution in [2.24, 2.45) is 5.73 Å². The van der Waals surface area contributed by atoms with Crippen molar-refractivity contribution in [3.8, 4) is 0 Å². The zero-order valence-corrected chi connectivity index (χ0v) is 13.3. The molecule has 1 aliphatic carbocycles. The topological polar surface area (TPSA) is 46.3 Å². The summed E-state index contributed by atoms with van der Waals surface area (Å²) in [6.07, 6.45) is 4.16. The lowest BCUT2D eigenvalue weighted by Crippen LogP contribution is -2.43. The fourth-order valence-electron chi connectivity index (χ4n) is 2.60. The fourth-order valence-corrected chi connectivity index (χ4v) is 3.29. The van der Waals surface area contributed by atoms with Crippen LogP contribution in [0.25, 0.3) is 0 Å². The smallest absolute Gasteiger partial charge is 0.257 e. The van der Waals surface area contributed by atoms with Gasteiger partial charge in [0.25, 0.3) is 5.91 Å². The van der Waals surface area contributed by atoms with Gasteiger partial charge >= 0.3 is 0 Å². The molecule has 0 atom stereocenters. The maximum Gasteiger partial charge on any atom is 0.257 e. The summed E-state index contributed by atoms with van der Waals surface area (Å²) in [6.45, 7) is 0.264. The van der Waals surface area contributed by atoms with Crippen molar-refractivity contribution in [3.05, 3.63) is 33.8 Å². The first-order valence-electron chi connectivity index (χ1n) is 6.54. The predicted octanol–water partition coefficient (Wildman–Crippen LogP) is 3.66. The summed E-state index contributed by atoms with van der Waals surface area (Å²) < 4.78 is 0. The maximum absolute atomic E-state index is 12.8. The van der Waals surface area contributed by atoms with E-state index in [1.54, 1.807) is 23.1 Å². The molecule has 6 heteroatoms. The predicted molar refractivity (Wildman–Crippen MR) is 86.5 cm³/mol. The van der Waals surface area contributed by atoms with Crippen molar-refractivity contribution >= 4 is 46.3 Å². The molecule has 1 aromatic carbocycles. The molecule has 0 aromatic heterocycles. The third-order valence-electron chi connectivity index (χ3n) is 3.53. The van der Waals surface area contributed by atoms with Gasteiger partial charge in [0.2, 0.25) is 0 Å². The van der Waals surface area contributed by atoms with Gasteiger partial charge in [0, 0.05) is 6.04 Å². The average molecular weight is 331 g/mol. The Morgan fingerprint density at radius 3 is 2.35 bits per heavy atom. The van der Waals surface area contributed by atoms with Crippen LogP contribution in [-0.4, -0.2) is 28.4 Å². The van der Waals surface area contributed by atoms with Gasteiger partial charge in [0.05, 0.1) is 27.1 Å². The van der Waals surface area contributed by atoms with Crippen molar-refractivity contribution in [1.29, 1.82) is 0 Å². The van der Waals surface area contributed by atoms with Crippen LogP contribution in [0.4, 0.5) is 0 Å². The van der Waals surface area contributed by atoms with Gasteiger partial charge in [0.1, 0.15) is 0 Å². The highest BCUT2D eigenvalue weighted by molar-refractivity contribution is 7.80. The minimum Gasteiger partial charge on any atom is -0.392 e. The minimum atomic E-state index is -0.194. The average Bonchev–Trinajstić information content (AvgIpc) is 2.88. The Morgan fingerprint density at radius 1 is 1.30 bits per heavy atom. The second-order valence-electron chi connectivity index (χ2n) is 4.93. The van der Waals surface area contributed by atoms with Gasteiger partial charge in [-0.05, 0) is 25.0 Å². The first kappa shape index (κ1) is 15.5. The Morgan fingerprint density at radius 2 is 1.85 bits per heavy atom. The molecule has 20 heavy (non-hydrogen) atoms. The molecule has 1 saturated carbocycles. The molecule has 108 valence electrons. The summed E-state index contributed by atoms with van der Waals surface area (Å²) in [4.78, 5) is 14.8. The molecule has 1 aliphatic rings. The van der Waals surface area contributed by atoms with Crippen LogP contribution in [0.3, 0.4) is 0 Å². The van der Waals surface area contributed by atoms with Crippen LogP contribution in [0.15, 0.2) is 18.2 Å². The number of nitrogens with two attached hydrogens (primary N) is 1. The van der Waals surface area contributed by atoms with Gasteiger partial charge in [-0.3, -0.25) is 4.79 Å². The molecule has 0 saturated heterocycles. The van der Waals surface area contributed by atoms with E-state index >= 15 is 0 Å².